The highest BCUT2D eigenvalue weighted by molar-refractivity contribution is 7.08. The first-order valence-electron chi connectivity index (χ1n) is 8.09. The van der Waals surface area contributed by atoms with Gasteiger partial charge in [-0.3, -0.25) is 9.36 Å². The molecule has 0 spiro atoms. The number of rotatable bonds is 5. The molecule has 4 rings (SSSR count). The van der Waals surface area contributed by atoms with E-state index in [0.717, 1.165) is 5.56 Å². The van der Waals surface area contributed by atoms with E-state index in [2.05, 4.69) is 15.1 Å². The predicted molar refractivity (Wildman–Crippen MR) is 95.7 cm³/mol. The summed E-state index contributed by atoms with van der Waals surface area (Å²) in [4.78, 5) is 33.5. The third kappa shape index (κ3) is 3.04. The van der Waals surface area contributed by atoms with Gasteiger partial charge in [-0.2, -0.15) is 16.3 Å². The quantitative estimate of drug-likeness (QED) is 0.481. The zero-order valence-electron chi connectivity index (χ0n) is 14.5. The van der Waals surface area contributed by atoms with Gasteiger partial charge < -0.3 is 13.7 Å². The van der Waals surface area contributed by atoms with Gasteiger partial charge in [0.25, 0.3) is 5.56 Å². The number of fused-ring (bicyclic) bond motifs is 1. The molecule has 0 N–H and O–H groups in total. The molecular weight excluding hydrogens is 372 g/mol. The van der Waals surface area contributed by atoms with Crippen LogP contribution in [-0.2, 0) is 11.3 Å². The van der Waals surface area contributed by atoms with Crippen LogP contribution in [0.15, 0.2) is 36.9 Å². The molecule has 0 fully saturated rings. The maximum Gasteiger partial charge on any atom is 0.342 e. The predicted octanol–water partition coefficient (Wildman–Crippen LogP) is 2.63. The Hall–Kier alpha value is -3.27. The fraction of sp³-hybridized carbons (Fsp3) is 0.235. The number of hydrogen-bond donors (Lipinski definition) is 0. The molecule has 4 aromatic heterocycles. The normalized spacial score (nSPS) is 11.2. The summed E-state index contributed by atoms with van der Waals surface area (Å²) >= 11 is 1.52. The summed E-state index contributed by atoms with van der Waals surface area (Å²) in [6.45, 7) is 3.48. The summed E-state index contributed by atoms with van der Waals surface area (Å²) in [5.41, 5.74) is 0.561. The Morgan fingerprint density at radius 3 is 3.00 bits per heavy atom. The molecule has 138 valence electrons. The van der Waals surface area contributed by atoms with Gasteiger partial charge in [-0.25, -0.2) is 9.78 Å². The number of hydrogen-bond acceptors (Lipinski definition) is 9. The molecule has 0 aromatic carbocycles. The fourth-order valence-corrected chi connectivity index (χ4v) is 3.31. The van der Waals surface area contributed by atoms with E-state index in [1.807, 2.05) is 16.8 Å². The van der Waals surface area contributed by atoms with Gasteiger partial charge in [0.1, 0.15) is 29.6 Å². The summed E-state index contributed by atoms with van der Waals surface area (Å²) in [5, 5.41) is 7.79. The zero-order chi connectivity index (χ0) is 19.0. The molecule has 0 aliphatic heterocycles. The van der Waals surface area contributed by atoms with E-state index in [0.29, 0.717) is 5.82 Å². The molecule has 0 amide bonds. The first kappa shape index (κ1) is 17.2. The largest absolute Gasteiger partial charge is 0.462 e. The Kier molecular flexibility index (Phi) is 4.32. The molecule has 27 heavy (non-hydrogen) atoms. The lowest BCUT2D eigenvalue weighted by Gasteiger charge is -2.02. The molecule has 0 radical (unpaired) electrons. The van der Waals surface area contributed by atoms with E-state index in [4.69, 9.17) is 13.7 Å². The van der Waals surface area contributed by atoms with Crippen molar-refractivity contribution in [2.45, 2.75) is 20.4 Å². The van der Waals surface area contributed by atoms with Crippen LogP contribution >= 0.6 is 11.3 Å². The minimum atomic E-state index is -0.622. The summed E-state index contributed by atoms with van der Waals surface area (Å²) in [7, 11) is 0. The number of ether oxygens (including phenoxy) is 1. The Morgan fingerprint density at radius 2 is 2.26 bits per heavy atom. The number of furan rings is 1. The number of carbonyl (C=O) groups excluding carboxylic acids is 1. The topological polar surface area (TPSA) is 113 Å². The molecule has 10 heteroatoms. The third-order valence-corrected chi connectivity index (χ3v) is 4.57. The van der Waals surface area contributed by atoms with E-state index in [1.54, 1.807) is 13.8 Å². The summed E-state index contributed by atoms with van der Waals surface area (Å²) in [5.74, 6) is 0.350. The van der Waals surface area contributed by atoms with Crippen LogP contribution in [0.4, 0.5) is 0 Å². The Labute approximate surface area is 156 Å². The van der Waals surface area contributed by atoms with Crippen LogP contribution in [0.2, 0.25) is 0 Å². The van der Waals surface area contributed by atoms with Crippen LogP contribution in [-0.4, -0.2) is 32.3 Å². The van der Waals surface area contributed by atoms with Crippen LogP contribution < -0.4 is 5.56 Å². The third-order valence-electron chi connectivity index (χ3n) is 3.89. The van der Waals surface area contributed by atoms with Crippen molar-refractivity contribution < 1.29 is 18.5 Å². The van der Waals surface area contributed by atoms with Gasteiger partial charge in [-0.1, -0.05) is 5.16 Å². The van der Waals surface area contributed by atoms with Crippen molar-refractivity contribution in [2.24, 2.45) is 0 Å². The molecule has 0 unspecified atom stereocenters. The van der Waals surface area contributed by atoms with Crippen molar-refractivity contribution in [3.05, 3.63) is 50.7 Å². The van der Waals surface area contributed by atoms with E-state index >= 15 is 0 Å². The van der Waals surface area contributed by atoms with E-state index < -0.39 is 11.5 Å². The van der Waals surface area contributed by atoms with Crippen LogP contribution in [0.5, 0.6) is 0 Å². The number of carbonyl (C=O) groups is 1. The minimum Gasteiger partial charge on any atom is -0.462 e. The second kappa shape index (κ2) is 6.80. The molecular formula is C17H14N4O5S. The standard InChI is InChI=1S/C17H14N4O5S/c1-3-24-17(23)12-9(2)25-15-13(12)16(22)21(8-18-15)6-11-19-14(20-26-11)10-4-5-27-7-10/h4-5,7-8H,3,6H2,1-2H3. The Balaban J connectivity index is 1.73. The summed E-state index contributed by atoms with van der Waals surface area (Å²) < 4.78 is 17.0. The molecule has 4 heterocycles. The van der Waals surface area contributed by atoms with Gasteiger partial charge in [-0.15, -0.1) is 0 Å². The second-order valence-corrected chi connectivity index (χ2v) is 6.42. The van der Waals surface area contributed by atoms with Crippen LogP contribution in [0.3, 0.4) is 0 Å². The van der Waals surface area contributed by atoms with Crippen molar-refractivity contribution in [3.8, 4) is 11.4 Å². The van der Waals surface area contributed by atoms with E-state index in [1.165, 1.54) is 22.2 Å². The second-order valence-electron chi connectivity index (χ2n) is 5.64. The zero-order valence-corrected chi connectivity index (χ0v) is 15.3. The number of esters is 1. The van der Waals surface area contributed by atoms with Crippen molar-refractivity contribution in [2.75, 3.05) is 6.61 Å². The summed E-state index contributed by atoms with van der Waals surface area (Å²) in [6.07, 6.45) is 1.32. The molecule has 9 nitrogen and oxygen atoms in total. The van der Waals surface area contributed by atoms with Crippen molar-refractivity contribution in [1.29, 1.82) is 0 Å². The number of nitrogens with zero attached hydrogens (tertiary/aromatic N) is 4. The Bertz CT molecular complexity index is 1170. The lowest BCUT2D eigenvalue weighted by atomic mass is 10.2. The van der Waals surface area contributed by atoms with Crippen molar-refractivity contribution >= 4 is 28.4 Å². The average Bonchev–Trinajstić information content (AvgIpc) is 3.36. The lowest BCUT2D eigenvalue weighted by Crippen LogP contribution is -2.22. The highest BCUT2D eigenvalue weighted by Crippen LogP contribution is 2.22. The SMILES string of the molecule is CCOC(=O)c1c(C)oc2ncn(Cc3nc(-c4ccsc4)no3)c(=O)c12. The highest BCUT2D eigenvalue weighted by atomic mass is 32.1. The molecule has 4 aromatic rings. The van der Waals surface area contributed by atoms with Gasteiger partial charge in [0.15, 0.2) is 0 Å². The maximum atomic E-state index is 12.9. The molecule has 0 aliphatic rings. The van der Waals surface area contributed by atoms with Gasteiger partial charge in [0.05, 0.1) is 6.61 Å². The van der Waals surface area contributed by atoms with Gasteiger partial charge in [0.2, 0.25) is 17.4 Å². The molecule has 0 atom stereocenters. The lowest BCUT2D eigenvalue weighted by molar-refractivity contribution is 0.0526. The molecule has 0 saturated carbocycles. The first-order chi connectivity index (χ1) is 13.1. The number of aromatic nitrogens is 4. The maximum absolute atomic E-state index is 12.9. The van der Waals surface area contributed by atoms with Gasteiger partial charge >= 0.3 is 5.97 Å². The van der Waals surface area contributed by atoms with Gasteiger partial charge in [0, 0.05) is 10.9 Å². The monoisotopic (exact) mass is 386 g/mol. The van der Waals surface area contributed by atoms with Crippen LogP contribution in [0.25, 0.3) is 22.5 Å². The first-order valence-corrected chi connectivity index (χ1v) is 9.03. The molecule has 0 bridgehead atoms. The summed E-state index contributed by atoms with van der Waals surface area (Å²) in [6, 6.07) is 1.87. The fourth-order valence-electron chi connectivity index (χ4n) is 2.67. The van der Waals surface area contributed by atoms with Crippen LogP contribution in [0.1, 0.15) is 28.9 Å². The van der Waals surface area contributed by atoms with E-state index in [-0.39, 0.29) is 41.5 Å². The minimum absolute atomic E-state index is 0.0192. The van der Waals surface area contributed by atoms with E-state index in [9.17, 15) is 9.59 Å². The van der Waals surface area contributed by atoms with Crippen molar-refractivity contribution in [1.82, 2.24) is 19.7 Å². The average molecular weight is 386 g/mol. The molecule has 0 aliphatic carbocycles. The van der Waals surface area contributed by atoms with Crippen LogP contribution in [0, 0.1) is 6.92 Å². The molecule has 0 saturated heterocycles. The highest BCUT2D eigenvalue weighted by Gasteiger charge is 2.24. The number of thiophene rings is 1. The number of aryl methyl sites for hydroxylation is 1. The Morgan fingerprint density at radius 1 is 1.41 bits per heavy atom. The van der Waals surface area contributed by atoms with Crippen molar-refractivity contribution in [3.63, 3.8) is 0 Å². The van der Waals surface area contributed by atoms with Gasteiger partial charge in [-0.05, 0) is 25.3 Å². The smallest absolute Gasteiger partial charge is 0.342 e.